The van der Waals surface area contributed by atoms with Gasteiger partial charge in [-0.15, -0.1) is 0 Å². The topological polar surface area (TPSA) is 64.3 Å². The van der Waals surface area contributed by atoms with Crippen LogP contribution in [0.5, 0.6) is 5.88 Å². The Labute approximate surface area is 188 Å². The number of nitrogens with zero attached hydrogens (tertiary/aromatic N) is 2. The van der Waals surface area contributed by atoms with E-state index in [-0.39, 0.29) is 18.1 Å². The molecule has 6 nitrogen and oxygen atoms in total. The van der Waals surface area contributed by atoms with Crippen molar-refractivity contribution in [2.45, 2.75) is 44.9 Å². The Hall–Kier alpha value is -3.48. The fourth-order valence-electron chi connectivity index (χ4n) is 6.45. The Morgan fingerprint density at radius 3 is 1.97 bits per heavy atom. The highest BCUT2D eigenvalue weighted by Crippen LogP contribution is 2.48. The molecule has 33 heavy (non-hydrogen) atoms. The molecule has 164 valence electrons. The smallest absolute Gasteiger partial charge is 0.197 e. The van der Waals surface area contributed by atoms with Gasteiger partial charge in [0.05, 0.1) is 29.5 Å². The van der Waals surface area contributed by atoms with E-state index < -0.39 is 5.79 Å². The molecule has 3 aromatic carbocycles. The first-order chi connectivity index (χ1) is 16.0. The molecule has 0 spiro atoms. The number of aromatic hydroxyl groups is 1. The number of rotatable bonds is 0. The van der Waals surface area contributed by atoms with Crippen LogP contribution < -0.4 is 0 Å². The zero-order valence-corrected chi connectivity index (χ0v) is 18.4. The summed E-state index contributed by atoms with van der Waals surface area (Å²) in [6.45, 7) is 5.42. The highest BCUT2D eigenvalue weighted by molar-refractivity contribution is 6.36. The Morgan fingerprint density at radius 2 is 1.33 bits per heavy atom. The van der Waals surface area contributed by atoms with Gasteiger partial charge in [0.2, 0.25) is 0 Å². The van der Waals surface area contributed by atoms with E-state index in [1.54, 1.807) is 0 Å². The summed E-state index contributed by atoms with van der Waals surface area (Å²) >= 11 is 0. The predicted octanol–water partition coefficient (Wildman–Crippen LogP) is 5.62. The van der Waals surface area contributed by atoms with Gasteiger partial charge < -0.3 is 28.7 Å². The van der Waals surface area contributed by atoms with Gasteiger partial charge >= 0.3 is 0 Å². The van der Waals surface area contributed by atoms with Crippen molar-refractivity contribution in [1.82, 2.24) is 14.1 Å². The van der Waals surface area contributed by atoms with Crippen LogP contribution in [0.1, 0.15) is 13.8 Å². The molecule has 0 amide bonds. The highest BCUT2D eigenvalue weighted by atomic mass is 16.8. The third-order valence-corrected chi connectivity index (χ3v) is 7.55. The third-order valence-electron chi connectivity index (χ3n) is 7.55. The van der Waals surface area contributed by atoms with E-state index in [2.05, 4.69) is 62.6 Å². The molecule has 5 heterocycles. The van der Waals surface area contributed by atoms with Gasteiger partial charge in [-0.3, -0.25) is 0 Å². The predicted molar refractivity (Wildman–Crippen MR) is 130 cm³/mol. The van der Waals surface area contributed by atoms with Crippen molar-refractivity contribution >= 4 is 54.4 Å². The van der Waals surface area contributed by atoms with Crippen LogP contribution in [0.4, 0.5) is 0 Å². The second kappa shape index (κ2) is 5.71. The first-order valence-electron chi connectivity index (χ1n) is 11.5. The van der Waals surface area contributed by atoms with Crippen molar-refractivity contribution in [2.24, 2.45) is 0 Å². The van der Waals surface area contributed by atoms with Gasteiger partial charge in [-0.1, -0.05) is 36.4 Å². The first-order valence-corrected chi connectivity index (χ1v) is 11.5. The second-order valence-corrected chi connectivity index (χ2v) is 9.84. The quantitative estimate of drug-likeness (QED) is 0.324. The summed E-state index contributed by atoms with van der Waals surface area (Å²) in [6.07, 6.45) is 1.82. The Balaban J connectivity index is 1.69. The van der Waals surface area contributed by atoms with Crippen LogP contribution in [0.15, 0.2) is 54.7 Å². The van der Waals surface area contributed by atoms with E-state index in [0.29, 0.717) is 6.54 Å². The first kappa shape index (κ1) is 18.0. The van der Waals surface area contributed by atoms with Crippen LogP contribution in [0.25, 0.3) is 54.4 Å². The van der Waals surface area contributed by atoms with Crippen molar-refractivity contribution < 1.29 is 14.6 Å². The maximum absolute atomic E-state index is 11.0. The van der Waals surface area contributed by atoms with Crippen molar-refractivity contribution in [3.8, 4) is 5.88 Å². The zero-order chi connectivity index (χ0) is 22.1. The van der Waals surface area contributed by atoms with Crippen LogP contribution in [-0.4, -0.2) is 37.2 Å². The number of para-hydroxylation sites is 2. The minimum Gasteiger partial charge on any atom is -0.494 e. The number of H-pyrrole nitrogens is 1. The van der Waals surface area contributed by atoms with Crippen molar-refractivity contribution in [3.05, 3.63) is 54.7 Å². The molecule has 2 aliphatic rings. The van der Waals surface area contributed by atoms with E-state index >= 15 is 0 Å². The summed E-state index contributed by atoms with van der Waals surface area (Å²) in [6, 6.07) is 17.0. The molecular formula is C27H23N3O3. The number of fused-ring (bicyclic) bond motifs is 10. The maximum atomic E-state index is 11.0. The number of hydrogen-bond donors (Lipinski definition) is 2. The van der Waals surface area contributed by atoms with E-state index in [1.807, 2.05) is 20.0 Å². The number of ether oxygens (including phenoxy) is 2. The van der Waals surface area contributed by atoms with Gasteiger partial charge in [-0.25, -0.2) is 0 Å². The number of aromatic nitrogens is 3. The lowest BCUT2D eigenvalue weighted by molar-refractivity contribution is -0.147. The minimum atomic E-state index is -0.624. The zero-order valence-electron chi connectivity index (χ0n) is 18.4. The Kier molecular flexibility index (Phi) is 3.11. The molecule has 8 rings (SSSR count). The molecule has 6 heteroatoms. The summed E-state index contributed by atoms with van der Waals surface area (Å²) in [4.78, 5) is 3.10. The van der Waals surface area contributed by atoms with Crippen LogP contribution in [0, 0.1) is 0 Å². The minimum absolute atomic E-state index is 0.0568. The molecular weight excluding hydrogens is 414 g/mol. The second-order valence-electron chi connectivity index (χ2n) is 9.84. The monoisotopic (exact) mass is 437 g/mol. The molecule has 2 aliphatic heterocycles. The maximum Gasteiger partial charge on any atom is 0.197 e. The summed E-state index contributed by atoms with van der Waals surface area (Å²) in [5.41, 5.74) is 4.66. The van der Waals surface area contributed by atoms with Crippen LogP contribution in [0.2, 0.25) is 0 Å². The normalized spacial score (nSPS) is 22.1. The lowest BCUT2D eigenvalue weighted by Gasteiger charge is -2.24. The number of aromatic amines is 1. The fourth-order valence-corrected chi connectivity index (χ4v) is 6.45. The standard InChI is InChI=1S/C27H23N3O3/c1-27(2)32-19-12-29-17-9-5-3-7-14(17)21-16-11-28-26(31)23(16)22-15-8-4-6-10-18(15)30(13-20(19)33-27)25(22)24(21)29/h3-11,19-20,28,31H,12-13H2,1-2H3/t19-,20-/m0/s1. The molecule has 0 radical (unpaired) electrons. The molecule has 0 saturated carbocycles. The van der Waals surface area contributed by atoms with Crippen LogP contribution in [-0.2, 0) is 22.6 Å². The number of benzene rings is 3. The van der Waals surface area contributed by atoms with Crippen molar-refractivity contribution in [1.29, 1.82) is 0 Å². The molecule has 0 bridgehead atoms. The molecule has 1 saturated heterocycles. The van der Waals surface area contributed by atoms with Gasteiger partial charge in [-0.05, 0) is 26.0 Å². The Morgan fingerprint density at radius 1 is 0.788 bits per heavy atom. The molecule has 3 aromatic heterocycles. The van der Waals surface area contributed by atoms with E-state index in [0.717, 1.165) is 39.1 Å². The van der Waals surface area contributed by atoms with Crippen LogP contribution >= 0.6 is 0 Å². The van der Waals surface area contributed by atoms with Gasteiger partial charge in [0.15, 0.2) is 11.7 Å². The molecule has 0 unspecified atom stereocenters. The molecule has 0 aliphatic carbocycles. The van der Waals surface area contributed by atoms with Gasteiger partial charge in [0, 0.05) is 44.2 Å². The molecule has 2 N–H and O–H groups in total. The van der Waals surface area contributed by atoms with Gasteiger partial charge in [0.25, 0.3) is 0 Å². The third kappa shape index (κ3) is 2.11. The van der Waals surface area contributed by atoms with Crippen molar-refractivity contribution in [3.63, 3.8) is 0 Å². The van der Waals surface area contributed by atoms with Crippen molar-refractivity contribution in [2.75, 3.05) is 0 Å². The highest BCUT2D eigenvalue weighted by Gasteiger charge is 2.43. The average molecular weight is 437 g/mol. The van der Waals surface area contributed by atoms with Gasteiger partial charge in [0.1, 0.15) is 12.2 Å². The lowest BCUT2D eigenvalue weighted by Crippen LogP contribution is -2.32. The molecule has 6 aromatic rings. The molecule has 2 atom stereocenters. The van der Waals surface area contributed by atoms with E-state index in [9.17, 15) is 5.11 Å². The summed E-state index contributed by atoms with van der Waals surface area (Å²) in [7, 11) is 0. The van der Waals surface area contributed by atoms with E-state index in [4.69, 9.17) is 9.47 Å². The summed E-state index contributed by atoms with van der Waals surface area (Å²) in [5, 5.41) is 17.5. The summed E-state index contributed by atoms with van der Waals surface area (Å²) in [5.74, 6) is -0.408. The van der Waals surface area contributed by atoms with Gasteiger partial charge in [-0.2, -0.15) is 0 Å². The summed E-state index contributed by atoms with van der Waals surface area (Å²) < 4.78 is 17.6. The number of hydrogen-bond acceptors (Lipinski definition) is 3. The SMILES string of the molecule is CC1(C)O[C@H]2Cn3c4ccccc4c4c5c[nH]c(O)c5c5c6ccccc6n(c5c43)C[C@@H]2O1. The largest absolute Gasteiger partial charge is 0.494 e. The number of nitrogens with one attached hydrogen (secondary N) is 1. The fraction of sp³-hybridized carbons (Fsp3) is 0.259. The lowest BCUT2D eigenvalue weighted by atomic mass is 10.0. The van der Waals surface area contributed by atoms with Crippen LogP contribution in [0.3, 0.4) is 0 Å². The molecule has 1 fully saturated rings. The Bertz CT molecular complexity index is 1780. The average Bonchev–Trinajstić information content (AvgIpc) is 3.49. The van der Waals surface area contributed by atoms with E-state index in [1.165, 1.54) is 21.8 Å².